The van der Waals surface area contributed by atoms with E-state index in [1.165, 1.54) is 32.1 Å². The molecule has 1 fully saturated rings. The van der Waals surface area contributed by atoms with Crippen LogP contribution in [0.4, 0.5) is 65.9 Å². The van der Waals surface area contributed by atoms with Crippen LogP contribution in [-0.4, -0.2) is 31.4 Å². The maximum atomic E-state index is 15.4. The largest absolute Gasteiger partial charge is 0.508 e. The van der Waals surface area contributed by atoms with Crippen LogP contribution in [0.3, 0.4) is 0 Å². The molecule has 0 unspecified atom stereocenters. The SMILES string of the molecule is C[NH+](C)C1CCCCC1.Oc1ccc([B-](c2c(F)c(F)c(F)c(F)c2F)(c2c(F)c(F)c(F)c(F)c2F)c2c(F)c(F)c(F)c(F)c2F)cc1. The van der Waals surface area contributed by atoms with Crippen molar-refractivity contribution in [1.82, 2.24) is 0 Å². The monoisotopic (exact) mass is 733 g/mol. The van der Waals surface area contributed by atoms with Gasteiger partial charge in [-0.05, 0) is 37.8 Å². The Labute approximate surface area is 273 Å². The summed E-state index contributed by atoms with van der Waals surface area (Å²) in [5, 5.41) is 9.59. The van der Waals surface area contributed by atoms with E-state index in [4.69, 9.17) is 0 Å². The van der Waals surface area contributed by atoms with Crippen molar-refractivity contribution < 1.29 is 75.9 Å². The Kier molecular flexibility index (Phi) is 11.1. The van der Waals surface area contributed by atoms with E-state index in [9.17, 15) is 44.6 Å². The number of rotatable bonds is 5. The Morgan fingerprint density at radius 2 is 0.700 bits per heavy atom. The first-order valence-corrected chi connectivity index (χ1v) is 14.6. The van der Waals surface area contributed by atoms with E-state index in [-0.39, 0.29) is 12.1 Å². The lowest BCUT2D eigenvalue weighted by Crippen LogP contribution is -3.10. The highest BCUT2D eigenvalue weighted by Crippen LogP contribution is 2.28. The first-order chi connectivity index (χ1) is 23.3. The molecule has 2 nitrogen and oxygen atoms in total. The molecule has 0 bridgehead atoms. The number of phenolic OH excluding ortho intramolecular Hbond substituents is 1. The van der Waals surface area contributed by atoms with Gasteiger partial charge in [-0.15, -0.1) is 16.4 Å². The Morgan fingerprint density at radius 3 is 0.940 bits per heavy atom. The van der Waals surface area contributed by atoms with Crippen LogP contribution in [-0.2, 0) is 0 Å². The van der Waals surface area contributed by atoms with Crippen LogP contribution in [0.1, 0.15) is 32.1 Å². The molecule has 0 heterocycles. The Balaban J connectivity index is 0.000000541. The number of hydrogen-bond acceptors (Lipinski definition) is 1. The van der Waals surface area contributed by atoms with Crippen LogP contribution in [0.2, 0.25) is 0 Å². The maximum absolute atomic E-state index is 15.4. The zero-order chi connectivity index (χ0) is 37.6. The molecular formula is C32H23BF15NO. The summed E-state index contributed by atoms with van der Waals surface area (Å²) >= 11 is 0. The Hall–Kier alpha value is -4.35. The second kappa shape index (κ2) is 14.5. The molecule has 0 atom stereocenters. The fraction of sp³-hybridized carbons (Fsp3) is 0.250. The molecule has 0 aromatic heterocycles. The summed E-state index contributed by atoms with van der Waals surface area (Å²) in [6.45, 7) is 0. The van der Waals surface area contributed by atoms with Crippen molar-refractivity contribution in [2.75, 3.05) is 14.1 Å². The summed E-state index contributed by atoms with van der Waals surface area (Å²) in [4.78, 5) is 1.65. The third kappa shape index (κ3) is 6.15. The summed E-state index contributed by atoms with van der Waals surface area (Å²) in [6, 6.07) is 2.08. The number of halogens is 15. The molecule has 0 spiro atoms. The number of hydrogen-bond donors (Lipinski definition) is 2. The highest BCUT2D eigenvalue weighted by Gasteiger charge is 2.49. The smallest absolute Gasteiger partial charge is 0.200 e. The van der Waals surface area contributed by atoms with Gasteiger partial charge < -0.3 is 10.0 Å². The highest BCUT2D eigenvalue weighted by molar-refractivity contribution is 7.20. The van der Waals surface area contributed by atoms with Gasteiger partial charge in [-0.25, -0.2) is 65.9 Å². The van der Waals surface area contributed by atoms with Gasteiger partial charge in [0.25, 0.3) is 0 Å². The molecule has 1 aliphatic carbocycles. The van der Waals surface area contributed by atoms with Gasteiger partial charge in [0.1, 0.15) is 46.8 Å². The molecule has 18 heteroatoms. The molecule has 0 radical (unpaired) electrons. The first-order valence-electron chi connectivity index (χ1n) is 14.6. The molecule has 2 N–H and O–H groups in total. The van der Waals surface area contributed by atoms with E-state index in [2.05, 4.69) is 14.1 Å². The zero-order valence-electron chi connectivity index (χ0n) is 25.6. The lowest BCUT2D eigenvalue weighted by molar-refractivity contribution is -0.887. The van der Waals surface area contributed by atoms with Gasteiger partial charge >= 0.3 is 0 Å². The van der Waals surface area contributed by atoms with Crippen LogP contribution in [0.15, 0.2) is 24.3 Å². The molecule has 50 heavy (non-hydrogen) atoms. The van der Waals surface area contributed by atoms with E-state index < -0.39 is 121 Å². The summed E-state index contributed by atoms with van der Waals surface area (Å²) in [5.74, 6) is -47.1. The molecule has 5 rings (SSSR count). The van der Waals surface area contributed by atoms with Crippen molar-refractivity contribution in [3.05, 3.63) is 112 Å². The number of nitrogens with one attached hydrogen (secondary N) is 1. The third-order valence-electron chi connectivity index (χ3n) is 8.85. The van der Waals surface area contributed by atoms with Crippen LogP contribution >= 0.6 is 0 Å². The van der Waals surface area contributed by atoms with Crippen molar-refractivity contribution in [1.29, 1.82) is 0 Å². The summed E-state index contributed by atoms with van der Waals surface area (Å²) < 4.78 is 220. The second-order valence-corrected chi connectivity index (χ2v) is 11.8. The standard InChI is InChI=1S/C24H5BF15O.C8H17N/c26-10-7(11(27)17(33)22(38)16(10)32)25(5-1-3-6(41)4-2-5,8-12(28)18(34)23(39)19(35)13(8)29)9-14(30)20(36)24(40)21(37)15(9)31;1-9(2)8-6-4-3-5-7-8/h1-4,41H;8H,3-7H2,1-2H3/q-1;/p+1. The fourth-order valence-corrected chi connectivity index (χ4v) is 6.38. The lowest BCUT2D eigenvalue weighted by Gasteiger charge is -2.44. The predicted octanol–water partition coefficient (Wildman–Crippen LogP) is 5.32. The minimum absolute atomic E-state index is 0.184. The van der Waals surface area contributed by atoms with Gasteiger partial charge in [0, 0.05) is 0 Å². The number of benzene rings is 4. The molecular weight excluding hydrogens is 710 g/mol. The minimum Gasteiger partial charge on any atom is -0.508 e. The molecule has 1 saturated carbocycles. The predicted molar refractivity (Wildman–Crippen MR) is 151 cm³/mol. The summed E-state index contributed by atoms with van der Waals surface area (Å²) in [5.41, 5.74) is -9.80. The fourth-order valence-electron chi connectivity index (χ4n) is 6.38. The minimum atomic E-state index is -5.84. The molecule has 1 aliphatic rings. The van der Waals surface area contributed by atoms with E-state index >= 15 is 26.3 Å². The highest BCUT2D eigenvalue weighted by atomic mass is 19.2. The Bertz CT molecular complexity index is 1690. The number of aromatic hydroxyl groups is 1. The van der Waals surface area contributed by atoms with E-state index in [0.717, 1.165) is 6.04 Å². The normalized spacial score (nSPS) is 13.9. The van der Waals surface area contributed by atoms with Gasteiger partial charge in [0.15, 0.2) is 52.4 Å². The van der Waals surface area contributed by atoms with Crippen molar-refractivity contribution >= 4 is 28.0 Å². The van der Waals surface area contributed by atoms with E-state index in [0.29, 0.717) is 12.1 Å². The topological polar surface area (TPSA) is 24.7 Å². The van der Waals surface area contributed by atoms with Gasteiger partial charge in [-0.3, -0.25) is 0 Å². The summed E-state index contributed by atoms with van der Waals surface area (Å²) in [7, 11) is 4.55. The van der Waals surface area contributed by atoms with E-state index in [1.807, 2.05) is 0 Å². The Morgan fingerprint density at radius 1 is 0.440 bits per heavy atom. The van der Waals surface area contributed by atoms with Gasteiger partial charge in [0.05, 0.1) is 20.1 Å². The van der Waals surface area contributed by atoms with Crippen LogP contribution < -0.4 is 26.8 Å². The zero-order valence-corrected chi connectivity index (χ0v) is 25.6. The van der Waals surface area contributed by atoms with Crippen LogP contribution in [0, 0.1) is 87.3 Å². The van der Waals surface area contributed by atoms with Gasteiger partial charge in [-0.1, -0.05) is 18.6 Å². The molecule has 0 amide bonds. The van der Waals surface area contributed by atoms with Crippen molar-refractivity contribution in [3.63, 3.8) is 0 Å². The average molecular weight is 733 g/mol. The average Bonchev–Trinajstić information content (AvgIpc) is 3.10. The van der Waals surface area contributed by atoms with Crippen molar-refractivity contribution in [3.8, 4) is 5.75 Å². The van der Waals surface area contributed by atoms with E-state index in [1.54, 1.807) is 4.90 Å². The van der Waals surface area contributed by atoms with Crippen LogP contribution in [0.25, 0.3) is 0 Å². The summed E-state index contributed by atoms with van der Waals surface area (Å²) in [6.07, 6.45) is 1.49. The maximum Gasteiger partial charge on any atom is 0.200 e. The lowest BCUT2D eigenvalue weighted by atomic mass is 9.12. The van der Waals surface area contributed by atoms with Gasteiger partial charge in [0.2, 0.25) is 0 Å². The molecule has 0 saturated heterocycles. The molecule has 4 aromatic carbocycles. The third-order valence-corrected chi connectivity index (χ3v) is 8.85. The van der Waals surface area contributed by atoms with Gasteiger partial charge in [-0.2, -0.15) is 5.46 Å². The van der Waals surface area contributed by atoms with Crippen molar-refractivity contribution in [2.24, 2.45) is 0 Å². The quantitative estimate of drug-likeness (QED) is 0.124. The number of quaternary nitrogens is 1. The van der Waals surface area contributed by atoms with Crippen molar-refractivity contribution in [2.45, 2.75) is 38.1 Å². The molecule has 4 aromatic rings. The van der Waals surface area contributed by atoms with Crippen LogP contribution in [0.5, 0.6) is 5.75 Å². The number of phenols is 1. The first kappa shape index (κ1) is 38.5. The molecule has 0 aliphatic heterocycles. The second-order valence-electron chi connectivity index (χ2n) is 11.8. The molecule has 270 valence electrons.